The number of aliphatic hydroxyl groups is 1. The van der Waals surface area contributed by atoms with Crippen LogP contribution in [-0.4, -0.2) is 57.0 Å². The van der Waals surface area contributed by atoms with Crippen LogP contribution >= 0.6 is 0 Å². The molecule has 1 aliphatic rings. The fraction of sp³-hybridized carbons (Fsp3) is 0.500. The lowest BCUT2D eigenvalue weighted by Crippen LogP contribution is -2.44. The Morgan fingerprint density at radius 2 is 1.78 bits per heavy atom. The molecular formula is C20H29NO6. The van der Waals surface area contributed by atoms with E-state index in [1.807, 2.05) is 39.2 Å². The van der Waals surface area contributed by atoms with E-state index in [-0.39, 0.29) is 12.0 Å². The molecule has 2 rings (SSSR count). The Labute approximate surface area is 159 Å². The third-order valence-electron chi connectivity index (χ3n) is 4.76. The van der Waals surface area contributed by atoms with Crippen molar-refractivity contribution in [3.63, 3.8) is 0 Å². The third kappa shape index (κ3) is 7.40. The van der Waals surface area contributed by atoms with Gasteiger partial charge in [0.2, 0.25) is 0 Å². The number of aromatic hydroxyl groups is 1. The molecule has 0 heterocycles. The Kier molecular flexibility index (Phi) is 8.46. The van der Waals surface area contributed by atoms with Crippen molar-refractivity contribution in [1.29, 1.82) is 0 Å². The van der Waals surface area contributed by atoms with Gasteiger partial charge in [-0.05, 0) is 51.6 Å². The quantitative estimate of drug-likeness (QED) is 0.581. The summed E-state index contributed by atoms with van der Waals surface area (Å²) in [5.41, 5.74) is 0.454. The van der Waals surface area contributed by atoms with E-state index in [0.29, 0.717) is 17.9 Å². The van der Waals surface area contributed by atoms with E-state index >= 15 is 0 Å². The minimum atomic E-state index is -1.26. The lowest BCUT2D eigenvalue weighted by molar-refractivity contribution is -0.134. The van der Waals surface area contributed by atoms with E-state index in [0.717, 1.165) is 24.8 Å². The number of nitrogens with zero attached hydrogens (tertiary/aromatic N) is 1. The van der Waals surface area contributed by atoms with Crippen LogP contribution in [0.4, 0.5) is 0 Å². The maximum Gasteiger partial charge on any atom is 0.328 e. The van der Waals surface area contributed by atoms with Gasteiger partial charge in [-0.3, -0.25) is 0 Å². The minimum absolute atomic E-state index is 0.141. The van der Waals surface area contributed by atoms with Crippen LogP contribution in [0.25, 0.3) is 0 Å². The molecule has 1 aliphatic carbocycles. The van der Waals surface area contributed by atoms with Crippen molar-refractivity contribution < 1.29 is 30.0 Å². The molecular weight excluding hydrogens is 350 g/mol. The van der Waals surface area contributed by atoms with Crippen molar-refractivity contribution in [2.24, 2.45) is 5.92 Å². The largest absolute Gasteiger partial charge is 0.508 e. The highest BCUT2D eigenvalue weighted by molar-refractivity contribution is 5.89. The molecule has 4 N–H and O–H groups in total. The predicted octanol–water partition coefficient (Wildman–Crippen LogP) is 2.65. The maximum atomic E-state index is 10.7. The number of phenols is 1. The molecule has 1 unspecified atom stereocenters. The van der Waals surface area contributed by atoms with Crippen LogP contribution in [0.2, 0.25) is 0 Å². The normalized spacial score (nSPS) is 23.5. The van der Waals surface area contributed by atoms with Crippen molar-refractivity contribution in [3.8, 4) is 5.75 Å². The van der Waals surface area contributed by atoms with Gasteiger partial charge in [0.25, 0.3) is 0 Å². The summed E-state index contributed by atoms with van der Waals surface area (Å²) in [5.74, 6) is -2.02. The number of hydrogen-bond acceptors (Lipinski definition) is 5. The van der Waals surface area contributed by atoms with Crippen molar-refractivity contribution in [3.05, 3.63) is 42.0 Å². The summed E-state index contributed by atoms with van der Waals surface area (Å²) in [6.45, 7) is 1.95. The van der Waals surface area contributed by atoms with Crippen molar-refractivity contribution in [1.82, 2.24) is 4.90 Å². The molecule has 0 bridgehead atoms. The fourth-order valence-electron chi connectivity index (χ4n) is 3.58. The summed E-state index contributed by atoms with van der Waals surface area (Å²) in [7, 11) is 4.08. The maximum absolute atomic E-state index is 10.7. The number of benzene rings is 1. The van der Waals surface area contributed by atoms with Crippen LogP contribution in [-0.2, 0) is 9.59 Å². The first kappa shape index (κ1) is 22.7. The molecule has 3 atom stereocenters. The molecule has 0 radical (unpaired) electrons. The minimum Gasteiger partial charge on any atom is -0.508 e. The van der Waals surface area contributed by atoms with Crippen LogP contribution in [0.5, 0.6) is 5.75 Å². The zero-order chi connectivity index (χ0) is 20.6. The van der Waals surface area contributed by atoms with E-state index in [1.165, 1.54) is 6.42 Å². The van der Waals surface area contributed by atoms with Crippen LogP contribution in [0, 0.1) is 5.92 Å². The molecule has 1 aromatic carbocycles. The van der Waals surface area contributed by atoms with Crippen LogP contribution in [0.15, 0.2) is 36.4 Å². The molecule has 27 heavy (non-hydrogen) atoms. The predicted molar refractivity (Wildman–Crippen MR) is 102 cm³/mol. The molecule has 7 nitrogen and oxygen atoms in total. The molecule has 0 spiro atoms. The Balaban J connectivity index is 0.000000387. The van der Waals surface area contributed by atoms with Gasteiger partial charge in [0, 0.05) is 24.1 Å². The standard InChI is InChI=1S/C16H25NO2.C4H4O4/c1-16(19)10-5-4-9-14(16)15(17(2)3)12-7-6-8-13(18)11-12;5-3(6)1-2-4(7)8/h6-8,11,14-15,18-19H,4-5,9-10H2,1-3H3;1-2H,(H,5,6)(H,7,8)/b;2-1+/t14-,15?,16-;/m1./s1. The molecule has 7 heteroatoms. The van der Waals surface area contributed by atoms with Gasteiger partial charge in [-0.2, -0.15) is 0 Å². The summed E-state index contributed by atoms with van der Waals surface area (Å²) in [6, 6.07) is 7.56. The summed E-state index contributed by atoms with van der Waals surface area (Å²) in [6.07, 6.45) is 5.28. The van der Waals surface area contributed by atoms with Gasteiger partial charge < -0.3 is 25.3 Å². The van der Waals surface area contributed by atoms with Gasteiger partial charge >= 0.3 is 11.9 Å². The van der Waals surface area contributed by atoms with Gasteiger partial charge in [-0.1, -0.05) is 25.0 Å². The second kappa shape index (κ2) is 10.1. The number of rotatable bonds is 5. The number of hydrogen-bond donors (Lipinski definition) is 4. The SMILES string of the molecule is CN(C)C(c1cccc(O)c1)[C@H]1CCCC[C@@]1(C)O.O=C(O)/C=C/C(=O)O. The van der Waals surface area contributed by atoms with E-state index in [4.69, 9.17) is 10.2 Å². The topological polar surface area (TPSA) is 118 Å². The Morgan fingerprint density at radius 3 is 2.22 bits per heavy atom. The first-order valence-electron chi connectivity index (χ1n) is 8.86. The van der Waals surface area contributed by atoms with E-state index in [1.54, 1.807) is 6.07 Å². The van der Waals surface area contributed by atoms with Crippen molar-refractivity contribution in [2.75, 3.05) is 14.1 Å². The highest BCUT2D eigenvalue weighted by atomic mass is 16.4. The highest BCUT2D eigenvalue weighted by Crippen LogP contribution is 2.43. The second-order valence-corrected chi connectivity index (χ2v) is 7.22. The van der Waals surface area contributed by atoms with E-state index < -0.39 is 17.5 Å². The summed E-state index contributed by atoms with van der Waals surface area (Å²) < 4.78 is 0. The number of carboxylic acid groups (broad SMARTS) is 2. The molecule has 150 valence electrons. The van der Waals surface area contributed by atoms with E-state index in [2.05, 4.69) is 4.90 Å². The number of phenolic OH excluding ortho intramolecular Hbond substituents is 1. The molecule has 0 aliphatic heterocycles. The van der Waals surface area contributed by atoms with E-state index in [9.17, 15) is 19.8 Å². The number of aliphatic carboxylic acids is 2. The summed E-state index contributed by atoms with van der Waals surface area (Å²) in [5, 5.41) is 36.0. The highest BCUT2D eigenvalue weighted by Gasteiger charge is 2.41. The Bertz CT molecular complexity index is 652. The zero-order valence-electron chi connectivity index (χ0n) is 16.0. The van der Waals surface area contributed by atoms with Gasteiger partial charge in [-0.15, -0.1) is 0 Å². The van der Waals surface area contributed by atoms with Crippen molar-refractivity contribution in [2.45, 2.75) is 44.2 Å². The average molecular weight is 379 g/mol. The lowest BCUT2D eigenvalue weighted by Gasteiger charge is -2.44. The second-order valence-electron chi connectivity index (χ2n) is 7.22. The molecule has 0 saturated heterocycles. The molecule has 0 amide bonds. The molecule has 0 aromatic heterocycles. The van der Waals surface area contributed by atoms with Crippen LogP contribution in [0.3, 0.4) is 0 Å². The fourth-order valence-corrected chi connectivity index (χ4v) is 3.58. The van der Waals surface area contributed by atoms with Gasteiger partial charge in [-0.25, -0.2) is 9.59 Å². The molecule has 1 aromatic rings. The smallest absolute Gasteiger partial charge is 0.328 e. The molecule has 1 fully saturated rings. The van der Waals surface area contributed by atoms with Crippen LogP contribution in [0.1, 0.15) is 44.2 Å². The Hall–Kier alpha value is -2.38. The van der Waals surface area contributed by atoms with Crippen LogP contribution < -0.4 is 0 Å². The average Bonchev–Trinajstić information content (AvgIpc) is 2.55. The first-order chi connectivity index (χ1) is 12.5. The van der Waals surface area contributed by atoms with Gasteiger partial charge in [0.05, 0.1) is 5.60 Å². The summed E-state index contributed by atoms with van der Waals surface area (Å²) >= 11 is 0. The monoisotopic (exact) mass is 379 g/mol. The van der Waals surface area contributed by atoms with Gasteiger partial charge in [0.1, 0.15) is 5.75 Å². The zero-order valence-corrected chi connectivity index (χ0v) is 16.0. The number of carboxylic acids is 2. The third-order valence-corrected chi connectivity index (χ3v) is 4.76. The Morgan fingerprint density at radius 1 is 1.19 bits per heavy atom. The lowest BCUT2D eigenvalue weighted by atomic mass is 9.71. The number of carbonyl (C=O) groups is 2. The summed E-state index contributed by atoms with van der Waals surface area (Å²) in [4.78, 5) is 21.3. The first-order valence-corrected chi connectivity index (χ1v) is 8.86. The van der Waals surface area contributed by atoms with Crippen molar-refractivity contribution >= 4 is 11.9 Å². The van der Waals surface area contributed by atoms with Gasteiger partial charge in [0.15, 0.2) is 0 Å². The molecule has 1 saturated carbocycles.